The second-order valence-electron chi connectivity index (χ2n) is 10.6. The Morgan fingerprint density at radius 3 is 2.47 bits per heavy atom. The number of thioether (sulfide) groups is 1. The maximum absolute atomic E-state index is 13.6. The molecule has 43 heavy (non-hydrogen) atoms. The van der Waals surface area contributed by atoms with Crippen LogP contribution in [0, 0.1) is 12.8 Å². The van der Waals surface area contributed by atoms with Crippen molar-refractivity contribution in [2.75, 3.05) is 18.6 Å². The van der Waals surface area contributed by atoms with Crippen LogP contribution in [0.5, 0.6) is 11.5 Å². The summed E-state index contributed by atoms with van der Waals surface area (Å²) < 4.78 is 11.9. The average molecular weight is 616 g/mol. The van der Waals surface area contributed by atoms with Gasteiger partial charge in [-0.25, -0.2) is 0 Å². The number of carbonyl (C=O) groups excluding carboxylic acids is 2. The first-order chi connectivity index (χ1) is 20.7. The average Bonchev–Trinajstić information content (AvgIpc) is 3.58. The van der Waals surface area contributed by atoms with Gasteiger partial charge in [-0.2, -0.15) is 0 Å². The fourth-order valence-corrected chi connectivity index (χ4v) is 6.45. The van der Waals surface area contributed by atoms with Gasteiger partial charge in [0.1, 0.15) is 17.3 Å². The molecule has 1 aliphatic rings. The summed E-state index contributed by atoms with van der Waals surface area (Å²) >= 11 is 2.74. The quantitative estimate of drug-likeness (QED) is 0.0622. The molecule has 1 unspecified atom stereocenters. The van der Waals surface area contributed by atoms with Crippen molar-refractivity contribution < 1.29 is 24.2 Å². The molecule has 1 saturated heterocycles. The number of aliphatic hydroxyl groups excluding tert-OH is 1. The standard InChI is InChI=1S/C33H33N3O5S2/c1-20(2)16-17-41-26-7-5-6-24(18-26)28-27(29(37)23-12-14-25(40-4)15-13-23)30(38)31(39)36(28)32-34-35-33(43-32)42-19-22-10-8-21(3)9-11-22/h5-15,18,20,28,37H,16-17,19H2,1-4H3. The summed E-state index contributed by atoms with van der Waals surface area (Å²) in [7, 11) is 1.55. The number of hydrogen-bond donors (Lipinski definition) is 1. The molecule has 8 nitrogen and oxygen atoms in total. The SMILES string of the molecule is COc1ccc(C(O)=C2C(=O)C(=O)N(c3nnc(SCc4ccc(C)cc4)s3)C2c2cccc(OCCC(C)C)c2)cc1. The summed E-state index contributed by atoms with van der Waals surface area (Å²) in [5.74, 6) is 0.521. The van der Waals surface area contributed by atoms with Gasteiger partial charge in [-0.1, -0.05) is 78.9 Å². The molecule has 10 heteroatoms. The number of aryl methyl sites for hydroxylation is 1. The lowest BCUT2D eigenvalue weighted by Crippen LogP contribution is -2.29. The number of amides is 1. The van der Waals surface area contributed by atoms with Gasteiger partial charge in [-0.05, 0) is 66.8 Å². The van der Waals surface area contributed by atoms with E-state index in [0.29, 0.717) is 45.2 Å². The van der Waals surface area contributed by atoms with Gasteiger partial charge < -0.3 is 14.6 Å². The van der Waals surface area contributed by atoms with E-state index in [1.54, 1.807) is 37.4 Å². The van der Waals surface area contributed by atoms with E-state index in [-0.39, 0.29) is 16.5 Å². The number of methoxy groups -OCH3 is 1. The van der Waals surface area contributed by atoms with E-state index in [1.807, 2.05) is 25.1 Å². The molecule has 0 aliphatic carbocycles. The maximum atomic E-state index is 13.6. The van der Waals surface area contributed by atoms with Gasteiger partial charge in [0.05, 0.1) is 25.3 Å². The number of aromatic nitrogens is 2. The number of aliphatic hydroxyl groups is 1. The van der Waals surface area contributed by atoms with Crippen molar-refractivity contribution in [2.45, 2.75) is 43.3 Å². The molecule has 3 aromatic carbocycles. The zero-order valence-corrected chi connectivity index (χ0v) is 26.1. The molecule has 4 aromatic rings. The Morgan fingerprint density at radius 2 is 1.77 bits per heavy atom. The zero-order valence-electron chi connectivity index (χ0n) is 24.4. The first-order valence-electron chi connectivity index (χ1n) is 13.9. The van der Waals surface area contributed by atoms with E-state index in [9.17, 15) is 14.7 Å². The number of ether oxygens (including phenoxy) is 2. The predicted molar refractivity (Wildman–Crippen MR) is 170 cm³/mol. The number of hydrogen-bond acceptors (Lipinski definition) is 9. The van der Waals surface area contributed by atoms with Crippen LogP contribution in [0.15, 0.2) is 82.7 Å². The minimum atomic E-state index is -0.932. The van der Waals surface area contributed by atoms with Gasteiger partial charge in [-0.3, -0.25) is 14.5 Å². The van der Waals surface area contributed by atoms with Crippen molar-refractivity contribution in [3.8, 4) is 11.5 Å². The molecule has 0 spiro atoms. The molecule has 1 N–H and O–H groups in total. The Labute approximate surface area is 259 Å². The monoisotopic (exact) mass is 615 g/mol. The highest BCUT2D eigenvalue weighted by Gasteiger charge is 2.48. The van der Waals surface area contributed by atoms with Crippen LogP contribution in [0.2, 0.25) is 0 Å². The maximum Gasteiger partial charge on any atom is 0.301 e. The number of Topliss-reactive ketones (excluding diaryl/α,β-unsaturated/α-hetero) is 1. The van der Waals surface area contributed by atoms with E-state index in [4.69, 9.17) is 9.47 Å². The minimum Gasteiger partial charge on any atom is -0.507 e. The summed E-state index contributed by atoms with van der Waals surface area (Å²) in [6.07, 6.45) is 0.883. The summed E-state index contributed by atoms with van der Waals surface area (Å²) in [5.41, 5.74) is 3.30. The van der Waals surface area contributed by atoms with E-state index in [1.165, 1.54) is 33.6 Å². The van der Waals surface area contributed by atoms with Gasteiger partial charge in [0.25, 0.3) is 5.78 Å². The molecular formula is C33H33N3O5S2. The van der Waals surface area contributed by atoms with Gasteiger partial charge in [-0.15, -0.1) is 10.2 Å². The van der Waals surface area contributed by atoms with Crippen LogP contribution in [-0.4, -0.2) is 40.7 Å². The summed E-state index contributed by atoms with van der Waals surface area (Å²) in [4.78, 5) is 28.5. The molecule has 1 atom stereocenters. The van der Waals surface area contributed by atoms with Gasteiger partial charge in [0.2, 0.25) is 5.13 Å². The van der Waals surface area contributed by atoms with Crippen molar-refractivity contribution >= 4 is 45.7 Å². The summed E-state index contributed by atoms with van der Waals surface area (Å²) in [6, 6.07) is 21.3. The molecule has 1 amide bonds. The highest BCUT2D eigenvalue weighted by molar-refractivity contribution is 8.00. The Kier molecular flexibility index (Phi) is 9.47. The minimum absolute atomic E-state index is 0.0291. The molecule has 0 radical (unpaired) electrons. The fourth-order valence-electron chi connectivity index (χ4n) is 4.62. The largest absolute Gasteiger partial charge is 0.507 e. The van der Waals surface area contributed by atoms with Crippen LogP contribution < -0.4 is 14.4 Å². The smallest absolute Gasteiger partial charge is 0.301 e. The topological polar surface area (TPSA) is 102 Å². The van der Waals surface area contributed by atoms with E-state index in [2.05, 4.69) is 48.3 Å². The molecule has 2 heterocycles. The predicted octanol–water partition coefficient (Wildman–Crippen LogP) is 7.20. The fraction of sp³-hybridized carbons (Fsp3) is 0.273. The second kappa shape index (κ2) is 13.4. The Morgan fingerprint density at radius 1 is 1.02 bits per heavy atom. The van der Waals surface area contributed by atoms with Crippen molar-refractivity contribution in [1.82, 2.24) is 10.2 Å². The van der Waals surface area contributed by atoms with Gasteiger partial charge >= 0.3 is 5.91 Å². The van der Waals surface area contributed by atoms with Crippen LogP contribution in [0.3, 0.4) is 0 Å². The van der Waals surface area contributed by atoms with Crippen molar-refractivity contribution in [3.05, 3.63) is 101 Å². The highest BCUT2D eigenvalue weighted by Crippen LogP contribution is 2.44. The molecular weight excluding hydrogens is 583 g/mol. The molecule has 1 aromatic heterocycles. The normalized spacial score (nSPS) is 16.2. The Bertz CT molecular complexity index is 1630. The van der Waals surface area contributed by atoms with Gasteiger partial charge in [0.15, 0.2) is 4.34 Å². The molecule has 222 valence electrons. The molecule has 5 rings (SSSR count). The Hall–Kier alpha value is -4.15. The number of ketones is 1. The van der Waals surface area contributed by atoms with Crippen LogP contribution in [0.25, 0.3) is 5.76 Å². The summed E-state index contributed by atoms with van der Waals surface area (Å²) in [5, 5.41) is 20.3. The van der Waals surface area contributed by atoms with E-state index < -0.39 is 17.7 Å². The first kappa shape index (κ1) is 30.3. The highest BCUT2D eigenvalue weighted by atomic mass is 32.2. The van der Waals surface area contributed by atoms with Crippen molar-refractivity contribution in [1.29, 1.82) is 0 Å². The van der Waals surface area contributed by atoms with Gasteiger partial charge in [0, 0.05) is 11.3 Å². The second-order valence-corrected chi connectivity index (χ2v) is 12.8. The van der Waals surface area contributed by atoms with Crippen molar-refractivity contribution in [2.24, 2.45) is 5.92 Å². The Balaban J connectivity index is 1.52. The van der Waals surface area contributed by atoms with E-state index >= 15 is 0 Å². The molecule has 0 bridgehead atoms. The van der Waals surface area contributed by atoms with Crippen LogP contribution in [0.1, 0.15) is 48.6 Å². The summed E-state index contributed by atoms with van der Waals surface area (Å²) in [6.45, 7) is 6.83. The number of benzene rings is 3. The van der Waals surface area contributed by atoms with Crippen LogP contribution in [-0.2, 0) is 15.3 Å². The lowest BCUT2D eigenvalue weighted by molar-refractivity contribution is -0.132. The number of carbonyl (C=O) groups is 2. The third-order valence-corrected chi connectivity index (χ3v) is 9.16. The lowest BCUT2D eigenvalue weighted by atomic mass is 9.95. The lowest BCUT2D eigenvalue weighted by Gasteiger charge is -2.23. The van der Waals surface area contributed by atoms with E-state index in [0.717, 1.165) is 12.0 Å². The first-order valence-corrected chi connectivity index (χ1v) is 15.8. The number of rotatable bonds is 11. The molecule has 1 fully saturated rings. The van der Waals surface area contributed by atoms with Crippen LogP contribution in [0.4, 0.5) is 5.13 Å². The van der Waals surface area contributed by atoms with Crippen LogP contribution >= 0.6 is 23.1 Å². The number of nitrogens with zero attached hydrogens (tertiary/aromatic N) is 3. The van der Waals surface area contributed by atoms with Crippen molar-refractivity contribution in [3.63, 3.8) is 0 Å². The zero-order chi connectivity index (χ0) is 30.5. The third kappa shape index (κ3) is 6.92. The molecule has 1 aliphatic heterocycles. The number of anilines is 1. The molecule has 0 saturated carbocycles. The third-order valence-electron chi connectivity index (χ3n) is 7.03.